The molecule has 0 saturated carbocycles. The van der Waals surface area contributed by atoms with E-state index in [1.165, 1.54) is 36.7 Å². The molecule has 0 unspecified atom stereocenters. The number of hydrogen-bond donors (Lipinski definition) is 2. The van der Waals surface area contributed by atoms with E-state index >= 15 is 0 Å². The Morgan fingerprint density at radius 3 is 2.62 bits per heavy atom. The molecule has 7 heteroatoms. The summed E-state index contributed by atoms with van der Waals surface area (Å²) in [6, 6.07) is 7.39. The zero-order valence-electron chi connectivity index (χ0n) is 11.0. The predicted molar refractivity (Wildman–Crippen MR) is 75.6 cm³/mol. The van der Waals surface area contributed by atoms with E-state index < -0.39 is 4.92 Å². The van der Waals surface area contributed by atoms with Gasteiger partial charge in [-0.2, -0.15) is 0 Å². The van der Waals surface area contributed by atoms with Gasteiger partial charge in [-0.05, 0) is 11.6 Å². The number of aromatic nitrogens is 1. The number of aliphatic hydroxyl groups is 1. The fourth-order valence-corrected chi connectivity index (χ4v) is 1.79. The summed E-state index contributed by atoms with van der Waals surface area (Å²) in [4.78, 5) is 25.8. The lowest BCUT2D eigenvalue weighted by atomic mass is 10.1. The van der Waals surface area contributed by atoms with Crippen molar-refractivity contribution in [1.29, 1.82) is 0 Å². The maximum absolute atomic E-state index is 11.9. The Morgan fingerprint density at radius 2 is 2.00 bits per heavy atom. The summed E-state index contributed by atoms with van der Waals surface area (Å²) >= 11 is 0. The molecule has 0 bridgehead atoms. The minimum Gasteiger partial charge on any atom is -0.392 e. The monoisotopic (exact) mass is 287 g/mol. The van der Waals surface area contributed by atoms with Crippen LogP contribution in [0.5, 0.6) is 0 Å². The Morgan fingerprint density at radius 1 is 1.29 bits per heavy atom. The van der Waals surface area contributed by atoms with Crippen LogP contribution in [0.3, 0.4) is 0 Å². The molecule has 2 rings (SSSR count). The molecule has 0 fully saturated rings. The van der Waals surface area contributed by atoms with Crippen LogP contribution >= 0.6 is 0 Å². The van der Waals surface area contributed by atoms with Gasteiger partial charge in [-0.1, -0.05) is 12.1 Å². The van der Waals surface area contributed by atoms with Gasteiger partial charge in [0.25, 0.3) is 5.69 Å². The number of aliphatic hydroxyl groups excluding tert-OH is 1. The molecular formula is C14H13N3O4. The zero-order valence-corrected chi connectivity index (χ0v) is 11.0. The number of hydrogen-bond acceptors (Lipinski definition) is 5. The van der Waals surface area contributed by atoms with E-state index in [-0.39, 0.29) is 24.6 Å². The highest BCUT2D eigenvalue weighted by atomic mass is 16.6. The van der Waals surface area contributed by atoms with Crippen LogP contribution in [0.25, 0.3) is 0 Å². The molecule has 21 heavy (non-hydrogen) atoms. The third-order valence-electron chi connectivity index (χ3n) is 2.87. The number of rotatable bonds is 5. The molecule has 0 aliphatic heterocycles. The molecule has 108 valence electrons. The Kier molecular flexibility index (Phi) is 4.57. The van der Waals surface area contributed by atoms with Gasteiger partial charge in [0.05, 0.1) is 29.8 Å². The first-order valence-corrected chi connectivity index (χ1v) is 6.17. The van der Waals surface area contributed by atoms with Crippen molar-refractivity contribution in [1.82, 2.24) is 4.98 Å². The largest absolute Gasteiger partial charge is 0.392 e. The zero-order chi connectivity index (χ0) is 15.2. The summed E-state index contributed by atoms with van der Waals surface area (Å²) in [6.07, 6.45) is 3.06. The van der Waals surface area contributed by atoms with E-state index in [9.17, 15) is 14.9 Å². The van der Waals surface area contributed by atoms with E-state index in [2.05, 4.69) is 10.3 Å². The Bertz CT molecular complexity index is 656. The SMILES string of the molecule is O=C(Cc1ccc([N+](=O)[O-])cc1)Nc1cnccc1CO. The molecule has 2 N–H and O–H groups in total. The molecule has 0 aliphatic rings. The number of nitrogens with one attached hydrogen (secondary N) is 1. The maximum Gasteiger partial charge on any atom is 0.269 e. The smallest absolute Gasteiger partial charge is 0.269 e. The highest BCUT2D eigenvalue weighted by Crippen LogP contribution is 2.15. The Labute approximate surface area is 120 Å². The first-order valence-electron chi connectivity index (χ1n) is 6.17. The van der Waals surface area contributed by atoms with Crippen molar-refractivity contribution in [2.24, 2.45) is 0 Å². The number of amides is 1. The number of pyridine rings is 1. The molecule has 1 heterocycles. The fourth-order valence-electron chi connectivity index (χ4n) is 1.79. The van der Waals surface area contributed by atoms with Crippen LogP contribution in [-0.2, 0) is 17.8 Å². The number of benzene rings is 1. The van der Waals surface area contributed by atoms with Crippen molar-refractivity contribution in [2.75, 3.05) is 5.32 Å². The molecule has 1 aromatic heterocycles. The summed E-state index contributed by atoms with van der Waals surface area (Å²) in [6.45, 7) is -0.199. The van der Waals surface area contributed by atoms with Crippen molar-refractivity contribution in [3.05, 3.63) is 64.0 Å². The summed E-state index contributed by atoms with van der Waals surface area (Å²) < 4.78 is 0. The first kappa shape index (κ1) is 14.6. The molecule has 7 nitrogen and oxygen atoms in total. The van der Waals surface area contributed by atoms with E-state index in [1.807, 2.05) is 0 Å². The van der Waals surface area contributed by atoms with Gasteiger partial charge < -0.3 is 10.4 Å². The number of anilines is 1. The molecule has 0 spiro atoms. The van der Waals surface area contributed by atoms with Crippen LogP contribution in [0.2, 0.25) is 0 Å². The molecule has 0 aliphatic carbocycles. The summed E-state index contributed by atoms with van der Waals surface area (Å²) in [5.74, 6) is -0.286. The van der Waals surface area contributed by atoms with Gasteiger partial charge in [-0.15, -0.1) is 0 Å². The minimum atomic E-state index is -0.493. The van der Waals surface area contributed by atoms with E-state index in [0.717, 1.165) is 0 Å². The number of non-ortho nitro benzene ring substituents is 1. The van der Waals surface area contributed by atoms with Gasteiger partial charge in [-0.25, -0.2) is 0 Å². The molecule has 0 saturated heterocycles. The Hall–Kier alpha value is -2.80. The summed E-state index contributed by atoms with van der Waals surface area (Å²) in [5, 5.41) is 22.4. The van der Waals surface area contributed by atoms with Crippen molar-refractivity contribution < 1.29 is 14.8 Å². The molecule has 0 atom stereocenters. The molecule has 0 radical (unpaired) electrons. The van der Waals surface area contributed by atoms with Gasteiger partial charge in [0.2, 0.25) is 5.91 Å². The van der Waals surface area contributed by atoms with Crippen LogP contribution in [0.15, 0.2) is 42.7 Å². The number of carbonyl (C=O) groups excluding carboxylic acids is 1. The third-order valence-corrected chi connectivity index (χ3v) is 2.87. The van der Waals surface area contributed by atoms with Crippen molar-refractivity contribution in [3.8, 4) is 0 Å². The number of nitro groups is 1. The van der Waals surface area contributed by atoms with E-state index in [1.54, 1.807) is 6.07 Å². The highest BCUT2D eigenvalue weighted by Gasteiger charge is 2.09. The van der Waals surface area contributed by atoms with Crippen molar-refractivity contribution in [2.45, 2.75) is 13.0 Å². The van der Waals surface area contributed by atoms with Gasteiger partial charge >= 0.3 is 0 Å². The quantitative estimate of drug-likeness (QED) is 0.642. The van der Waals surface area contributed by atoms with Crippen molar-refractivity contribution in [3.63, 3.8) is 0 Å². The molecule has 1 aromatic carbocycles. The van der Waals surface area contributed by atoms with Crippen molar-refractivity contribution >= 4 is 17.3 Å². The van der Waals surface area contributed by atoms with Gasteiger partial charge in [0.1, 0.15) is 0 Å². The minimum absolute atomic E-state index is 0.0195. The lowest BCUT2D eigenvalue weighted by Crippen LogP contribution is -2.15. The molecular weight excluding hydrogens is 274 g/mol. The van der Waals surface area contributed by atoms with Gasteiger partial charge in [0.15, 0.2) is 0 Å². The van der Waals surface area contributed by atoms with Crippen LogP contribution in [0, 0.1) is 10.1 Å². The van der Waals surface area contributed by atoms with E-state index in [0.29, 0.717) is 16.8 Å². The highest BCUT2D eigenvalue weighted by molar-refractivity contribution is 5.92. The van der Waals surface area contributed by atoms with E-state index in [4.69, 9.17) is 5.11 Å². The summed E-state index contributed by atoms with van der Waals surface area (Å²) in [5.41, 5.74) is 1.66. The fraction of sp³-hybridized carbons (Fsp3) is 0.143. The second-order valence-electron chi connectivity index (χ2n) is 4.34. The summed E-state index contributed by atoms with van der Waals surface area (Å²) in [7, 11) is 0. The molecule has 1 amide bonds. The lowest BCUT2D eigenvalue weighted by molar-refractivity contribution is -0.384. The van der Waals surface area contributed by atoms with Gasteiger partial charge in [0, 0.05) is 23.9 Å². The van der Waals surface area contributed by atoms with Crippen LogP contribution in [-0.4, -0.2) is 20.9 Å². The Balaban J connectivity index is 2.03. The lowest BCUT2D eigenvalue weighted by Gasteiger charge is -2.08. The second kappa shape index (κ2) is 6.58. The van der Waals surface area contributed by atoms with Crippen LogP contribution < -0.4 is 5.32 Å². The average molecular weight is 287 g/mol. The van der Waals surface area contributed by atoms with Crippen LogP contribution in [0.4, 0.5) is 11.4 Å². The standard InChI is InChI=1S/C14H13N3O4/c18-9-11-5-6-15-8-13(11)16-14(19)7-10-1-3-12(4-2-10)17(20)21/h1-6,8,18H,7,9H2,(H,16,19). The van der Waals surface area contributed by atoms with Gasteiger partial charge in [-0.3, -0.25) is 19.9 Å². The number of nitrogens with zero attached hydrogens (tertiary/aromatic N) is 2. The van der Waals surface area contributed by atoms with Crippen LogP contribution in [0.1, 0.15) is 11.1 Å². The second-order valence-corrected chi connectivity index (χ2v) is 4.34. The predicted octanol–water partition coefficient (Wildman–Crippen LogP) is 1.66. The number of nitro benzene ring substituents is 1. The maximum atomic E-state index is 11.9. The third kappa shape index (κ3) is 3.83. The number of carbonyl (C=O) groups is 1. The molecule has 2 aromatic rings. The normalized spacial score (nSPS) is 10.1. The first-order chi connectivity index (χ1) is 10.1. The average Bonchev–Trinajstić information content (AvgIpc) is 2.48. The topological polar surface area (TPSA) is 105 Å².